The zero-order valence-corrected chi connectivity index (χ0v) is 5.80. The summed E-state index contributed by atoms with van der Waals surface area (Å²) >= 11 is 0. The maximum absolute atomic E-state index is 10.3. The van der Waals surface area contributed by atoms with Crippen molar-refractivity contribution in [3.8, 4) is 0 Å². The maximum Gasteiger partial charge on any atom is 0.411 e. The molecule has 0 bridgehead atoms. The minimum absolute atomic E-state index is 0.858. The molecule has 0 radical (unpaired) electrons. The Kier molecular flexibility index (Phi) is 3.34. The van der Waals surface area contributed by atoms with E-state index in [2.05, 4.69) is 9.57 Å². The van der Waals surface area contributed by atoms with Gasteiger partial charge < -0.3 is 4.74 Å². The monoisotopic (exact) mass is 177 g/mol. The van der Waals surface area contributed by atoms with Crippen molar-refractivity contribution in [1.82, 2.24) is 0 Å². The fourth-order valence-corrected chi connectivity index (χ4v) is 0.277. The van der Waals surface area contributed by atoms with Crippen molar-refractivity contribution in [2.24, 2.45) is 0 Å². The van der Waals surface area contributed by atoms with Gasteiger partial charge in [-0.25, -0.2) is 9.63 Å². The van der Waals surface area contributed by atoms with Gasteiger partial charge in [-0.1, -0.05) is 0 Å². The second-order valence-electron chi connectivity index (χ2n) is 1.48. The van der Waals surface area contributed by atoms with Crippen molar-refractivity contribution in [3.05, 3.63) is 10.1 Å². The summed E-state index contributed by atoms with van der Waals surface area (Å²) in [5.74, 6) is -4.63. The molecule has 66 valence electrons. The third-order valence-electron chi connectivity index (χ3n) is 0.561. The Morgan fingerprint density at radius 2 is 1.75 bits per heavy atom. The molecule has 8 nitrogen and oxygen atoms in total. The highest BCUT2D eigenvalue weighted by molar-refractivity contribution is 6.31. The van der Waals surface area contributed by atoms with Gasteiger partial charge in [0.2, 0.25) is 0 Å². The lowest BCUT2D eigenvalue weighted by molar-refractivity contribution is -0.728. The van der Waals surface area contributed by atoms with Gasteiger partial charge in [-0.05, 0) is 0 Å². The molecule has 0 aliphatic carbocycles. The Balaban J connectivity index is 4.03. The van der Waals surface area contributed by atoms with Gasteiger partial charge in [0.15, 0.2) is 0 Å². The van der Waals surface area contributed by atoms with Gasteiger partial charge in [0.1, 0.15) is 0 Å². The molecule has 0 saturated carbocycles. The molecule has 0 aromatic heterocycles. The van der Waals surface area contributed by atoms with Crippen molar-refractivity contribution in [2.45, 2.75) is 6.92 Å². The normalized spacial score (nSPS) is 8.42. The van der Waals surface area contributed by atoms with E-state index in [9.17, 15) is 24.5 Å². The number of hydrogen-bond acceptors (Lipinski definition) is 7. The van der Waals surface area contributed by atoms with Gasteiger partial charge in [0.05, 0.1) is 0 Å². The average Bonchev–Trinajstić information content (AvgIpc) is 1.84. The third kappa shape index (κ3) is 3.93. The molecule has 0 fully saturated rings. The van der Waals surface area contributed by atoms with Gasteiger partial charge in [0.25, 0.3) is 0 Å². The van der Waals surface area contributed by atoms with Gasteiger partial charge >= 0.3 is 23.0 Å². The van der Waals surface area contributed by atoms with E-state index < -0.39 is 23.0 Å². The highest BCUT2D eigenvalue weighted by atomic mass is 17.0. The molecular formula is C4H3NO7. The molecule has 12 heavy (non-hydrogen) atoms. The maximum atomic E-state index is 10.3. The second kappa shape index (κ2) is 4.01. The first kappa shape index (κ1) is 10.0. The van der Waals surface area contributed by atoms with Crippen LogP contribution in [0.25, 0.3) is 0 Å². The third-order valence-corrected chi connectivity index (χ3v) is 0.561. The Hall–Kier alpha value is -1.99. The van der Waals surface area contributed by atoms with E-state index in [0.717, 1.165) is 6.92 Å². The average molecular weight is 177 g/mol. The van der Waals surface area contributed by atoms with E-state index in [0.29, 0.717) is 0 Å². The first-order valence-electron chi connectivity index (χ1n) is 2.52. The molecule has 8 heteroatoms. The molecule has 0 aliphatic rings. The summed E-state index contributed by atoms with van der Waals surface area (Å²) < 4.78 is 3.66. The summed E-state index contributed by atoms with van der Waals surface area (Å²) in [6.45, 7) is 0.858. The predicted octanol–water partition coefficient (Wildman–Crippen LogP) is -1.19. The molecule has 0 aromatic rings. The number of esters is 2. The first-order chi connectivity index (χ1) is 5.43. The van der Waals surface area contributed by atoms with Crippen molar-refractivity contribution in [2.75, 3.05) is 0 Å². The van der Waals surface area contributed by atoms with Crippen LogP contribution in [0.5, 0.6) is 0 Å². The minimum Gasteiger partial charge on any atom is -0.386 e. The molecule has 0 spiro atoms. The summed E-state index contributed by atoms with van der Waals surface area (Å²) in [6, 6.07) is 0. The van der Waals surface area contributed by atoms with Crippen LogP contribution >= 0.6 is 0 Å². The van der Waals surface area contributed by atoms with Crippen LogP contribution in [-0.4, -0.2) is 23.0 Å². The topological polar surface area (TPSA) is 113 Å². The van der Waals surface area contributed by atoms with Gasteiger partial charge in [-0.15, -0.1) is 10.1 Å². The number of rotatable bonds is 1. The standard InChI is InChI=1S/C4H3NO7/c1-2(6)11-3(7)4(8)12-5(9)10/h1H3. The largest absolute Gasteiger partial charge is 0.411 e. The van der Waals surface area contributed by atoms with Crippen molar-refractivity contribution in [3.63, 3.8) is 0 Å². The summed E-state index contributed by atoms with van der Waals surface area (Å²) in [5.41, 5.74) is 0. The lowest BCUT2D eigenvalue weighted by Crippen LogP contribution is -2.24. The van der Waals surface area contributed by atoms with E-state index in [-0.39, 0.29) is 0 Å². The van der Waals surface area contributed by atoms with Gasteiger partial charge in [-0.3, -0.25) is 9.59 Å². The van der Waals surface area contributed by atoms with Crippen LogP contribution in [0, 0.1) is 10.1 Å². The van der Waals surface area contributed by atoms with Gasteiger partial charge in [0, 0.05) is 6.92 Å². The summed E-state index contributed by atoms with van der Waals surface area (Å²) in [4.78, 5) is 43.1. The summed E-state index contributed by atoms with van der Waals surface area (Å²) in [7, 11) is 0. The quantitative estimate of drug-likeness (QED) is 0.162. The molecule has 0 aromatic carbocycles. The van der Waals surface area contributed by atoms with E-state index in [1.165, 1.54) is 0 Å². The highest BCUT2D eigenvalue weighted by Gasteiger charge is 2.21. The van der Waals surface area contributed by atoms with Crippen LogP contribution < -0.4 is 0 Å². The molecule has 0 unspecified atom stereocenters. The Morgan fingerprint density at radius 1 is 1.25 bits per heavy atom. The van der Waals surface area contributed by atoms with Crippen LogP contribution in [0.3, 0.4) is 0 Å². The molecule has 0 amide bonds. The Morgan fingerprint density at radius 3 is 2.08 bits per heavy atom. The van der Waals surface area contributed by atoms with Crippen molar-refractivity contribution in [1.29, 1.82) is 0 Å². The Labute approximate surface area is 65.2 Å². The zero-order chi connectivity index (χ0) is 9.72. The SMILES string of the molecule is CC(=O)OC(=O)C(=O)O[N+](=O)[O-]. The van der Waals surface area contributed by atoms with Crippen molar-refractivity contribution < 1.29 is 29.0 Å². The van der Waals surface area contributed by atoms with Gasteiger partial charge in [-0.2, -0.15) is 0 Å². The van der Waals surface area contributed by atoms with Crippen LogP contribution in [-0.2, 0) is 24.0 Å². The molecule has 0 heterocycles. The van der Waals surface area contributed by atoms with E-state index in [1.54, 1.807) is 0 Å². The van der Waals surface area contributed by atoms with E-state index in [4.69, 9.17) is 0 Å². The molecule has 0 aliphatic heterocycles. The lowest BCUT2D eigenvalue weighted by atomic mass is 10.7. The van der Waals surface area contributed by atoms with E-state index >= 15 is 0 Å². The summed E-state index contributed by atoms with van der Waals surface area (Å²) in [5, 5.41) is 7.99. The first-order valence-corrected chi connectivity index (χ1v) is 2.52. The number of hydrogen-bond donors (Lipinski definition) is 0. The second-order valence-corrected chi connectivity index (χ2v) is 1.48. The number of carbonyl (C=O) groups is 3. The summed E-state index contributed by atoms with van der Waals surface area (Å²) in [6.07, 6.45) is 0. The van der Waals surface area contributed by atoms with E-state index in [1.807, 2.05) is 0 Å². The highest BCUT2D eigenvalue weighted by Crippen LogP contribution is 1.85. The molecular weight excluding hydrogens is 174 g/mol. The number of ether oxygens (including phenoxy) is 1. The molecule has 0 N–H and O–H groups in total. The number of nitrogens with zero attached hydrogens (tertiary/aromatic N) is 1. The fourth-order valence-electron chi connectivity index (χ4n) is 0.277. The zero-order valence-electron chi connectivity index (χ0n) is 5.80. The molecule has 0 atom stereocenters. The van der Waals surface area contributed by atoms with Crippen LogP contribution in [0.2, 0.25) is 0 Å². The lowest BCUT2D eigenvalue weighted by Gasteiger charge is -1.95. The fraction of sp³-hybridized carbons (Fsp3) is 0.250. The van der Waals surface area contributed by atoms with Crippen LogP contribution in [0.15, 0.2) is 0 Å². The minimum atomic E-state index is -1.85. The van der Waals surface area contributed by atoms with Crippen LogP contribution in [0.4, 0.5) is 0 Å². The molecule has 0 rings (SSSR count). The predicted molar refractivity (Wildman–Crippen MR) is 29.9 cm³/mol. The Bertz CT molecular complexity index is 218. The smallest absolute Gasteiger partial charge is 0.386 e. The molecule has 0 saturated heterocycles. The van der Waals surface area contributed by atoms with Crippen LogP contribution in [0.1, 0.15) is 6.92 Å². The number of carbonyl (C=O) groups excluding carboxylic acids is 3. The van der Waals surface area contributed by atoms with Crippen molar-refractivity contribution >= 4 is 17.9 Å².